The molecule has 0 amide bonds. The second-order valence-electron chi connectivity index (χ2n) is 0.894. The molecule has 15 heteroatoms. The second-order valence-corrected chi connectivity index (χ2v) is 2.68. The van der Waals surface area contributed by atoms with Crippen molar-refractivity contribution in [3.8, 4) is 0 Å². The maximum atomic E-state index is 8.55. The first-order valence-corrected chi connectivity index (χ1v) is 4.38. The smallest absolute Gasteiger partial charge is 0.822 e. The first kappa shape index (κ1) is 43.3. The van der Waals surface area contributed by atoms with Crippen LogP contribution >= 0.6 is 28.1 Å². The summed E-state index contributed by atoms with van der Waals surface area (Å²) >= 11 is 0. The Morgan fingerprint density at radius 3 is 0.600 bits per heavy atom. The summed E-state index contributed by atoms with van der Waals surface area (Å²) in [6, 6.07) is 0. The molecule has 0 spiro atoms. The Kier molecular flexibility index (Phi) is 54.0. The van der Waals surface area contributed by atoms with Gasteiger partial charge in [0.25, 0.3) is 0 Å². The number of hydrogen-bond acceptors (Lipinski definition) is 9. The van der Waals surface area contributed by atoms with Crippen LogP contribution in [0, 0.1) is 0 Å². The van der Waals surface area contributed by atoms with Gasteiger partial charge in [-0.1, -0.05) is 0 Å². The van der Waals surface area contributed by atoms with Crippen molar-refractivity contribution in [2.24, 2.45) is 0 Å². The number of phosphoric acid groups is 2. The van der Waals surface area contributed by atoms with Crippen LogP contribution in [0.3, 0.4) is 0 Å². The summed E-state index contributed by atoms with van der Waals surface area (Å²) in [6.45, 7) is 0. The third kappa shape index (κ3) is 614. The molecular weight excluding hydrogens is 436 g/mol. The van der Waals surface area contributed by atoms with E-state index in [1.165, 1.54) is 0 Å². The first-order chi connectivity index (χ1) is 4.00. The molecule has 3 N–H and O–H groups in total. The van der Waals surface area contributed by atoms with E-state index in [4.69, 9.17) is 38.5 Å². The van der Waals surface area contributed by atoms with Crippen LogP contribution in [0.25, 0.3) is 0 Å². The Balaban J connectivity index is -0.0000000128. The van der Waals surface area contributed by atoms with Gasteiger partial charge in [0, 0.05) is 0 Å². The molecule has 0 bridgehead atoms. The molecule has 0 saturated heterocycles. The molecule has 15 heavy (non-hydrogen) atoms. The summed E-state index contributed by atoms with van der Waals surface area (Å²) in [5, 5.41) is 0. The van der Waals surface area contributed by atoms with Crippen LogP contribution in [0.4, 0.5) is 0 Å². The predicted octanol–water partition coefficient (Wildman–Crippen LogP) is -5.07. The van der Waals surface area contributed by atoms with Gasteiger partial charge in [0.15, 0.2) is 0 Å². The third-order valence-corrected chi connectivity index (χ3v) is 0. The zero-order valence-electron chi connectivity index (χ0n) is 7.40. The topological polar surface area (TPSA) is 208 Å². The summed E-state index contributed by atoms with van der Waals surface area (Å²) in [4.78, 5) is 51.3. The summed E-state index contributed by atoms with van der Waals surface area (Å²) in [7, 11) is -10.8. The van der Waals surface area contributed by atoms with E-state index in [1.807, 2.05) is 0 Å². The van der Waals surface area contributed by atoms with E-state index in [0.717, 1.165) is 0 Å². The van der Waals surface area contributed by atoms with Crippen LogP contribution in [0.15, 0.2) is 0 Å². The molecule has 0 aliphatic carbocycles. The predicted molar refractivity (Wildman–Crippen MR) is 27.5 cm³/mol. The Hall–Kier alpha value is 2.34. The van der Waals surface area contributed by atoms with Crippen molar-refractivity contribution >= 4 is 28.1 Å². The molecule has 0 unspecified atom stereocenters. The van der Waals surface area contributed by atoms with E-state index in [1.54, 1.807) is 0 Å². The molecule has 0 aromatic heterocycles. The van der Waals surface area contributed by atoms with Gasteiger partial charge in [-0.2, -0.15) is 15.6 Å². The van der Waals surface area contributed by atoms with Gasteiger partial charge in [0.2, 0.25) is 0 Å². The Bertz CT molecular complexity index is 140. The maximum Gasteiger partial charge on any atom is 2.00 e. The molecule has 0 rings (SSSR count). The van der Waals surface area contributed by atoms with E-state index in [2.05, 4.69) is 0 Å². The molecule has 0 aliphatic heterocycles. The van der Waals surface area contributed by atoms with Gasteiger partial charge in [-0.05, 0) is 0 Å². The maximum absolute atomic E-state index is 8.55. The second kappa shape index (κ2) is 18.7. The zero-order valence-corrected chi connectivity index (χ0v) is 18.9. The summed E-state index contributed by atoms with van der Waals surface area (Å²) < 4.78 is 17.1. The van der Waals surface area contributed by atoms with Crippen LogP contribution in [-0.2, 0) is 67.6 Å². The van der Waals surface area contributed by atoms with Gasteiger partial charge in [-0.25, -0.2) is 0 Å². The number of halogens is 1. The summed E-state index contributed by atoms with van der Waals surface area (Å²) in [6.07, 6.45) is 0. The fourth-order valence-electron chi connectivity index (χ4n) is 0. The third-order valence-electron chi connectivity index (χ3n) is 0. The van der Waals surface area contributed by atoms with E-state index >= 15 is 0 Å². The minimum absolute atomic E-state index is 0. The van der Waals surface area contributed by atoms with Crippen molar-refractivity contribution in [2.45, 2.75) is 0 Å². The molecule has 0 aliphatic rings. The van der Waals surface area contributed by atoms with Gasteiger partial charge < -0.3 is 44.6 Å². The van der Waals surface area contributed by atoms with E-state index in [9.17, 15) is 0 Å². The standard InChI is InChI=1S/ClH.H3N.2H3O4P.3Zn/c;;2*1-5(2,3)4;;;/h1H;1H3;2*(H3,1,2,3,4);;;/q;;;;3*+2/p-6. The molecule has 0 atom stereocenters. The minimum atomic E-state index is -5.39. The van der Waals surface area contributed by atoms with Gasteiger partial charge >= 0.3 is 58.4 Å². The molecule has 80 valence electrons. The molecule has 9 nitrogen and oxygen atoms in total. The summed E-state index contributed by atoms with van der Waals surface area (Å²) in [5.74, 6) is 0. The summed E-state index contributed by atoms with van der Waals surface area (Å²) in [5.41, 5.74) is 0. The van der Waals surface area contributed by atoms with Gasteiger partial charge in [-0.15, -0.1) is 12.4 Å². The zero-order chi connectivity index (χ0) is 9.00. The Labute approximate surface area is 130 Å². The van der Waals surface area contributed by atoms with Crippen LogP contribution in [-0.4, -0.2) is 0 Å². The van der Waals surface area contributed by atoms with Crippen LogP contribution < -0.4 is 35.5 Å². The first-order valence-electron chi connectivity index (χ1n) is 1.46. The average Bonchev–Trinajstić information content (AvgIpc) is 1.12. The van der Waals surface area contributed by atoms with Crippen LogP contribution in [0.5, 0.6) is 0 Å². The fraction of sp³-hybridized carbons (Fsp3) is 0. The van der Waals surface area contributed by atoms with Crippen molar-refractivity contribution in [1.82, 2.24) is 6.15 Å². The molecular formula is H4ClNO8P2Zn3. The van der Waals surface area contributed by atoms with Crippen molar-refractivity contribution in [3.05, 3.63) is 0 Å². The molecule has 0 saturated carbocycles. The molecule has 0 aromatic carbocycles. The number of hydrogen-bond donors (Lipinski definition) is 1. The van der Waals surface area contributed by atoms with Gasteiger partial charge in [0.05, 0.1) is 0 Å². The average molecular weight is 440 g/mol. The SMILES string of the molecule is Cl.N.O=P([O-])([O-])[O-].O=P([O-])([O-])[O-].[Zn+2].[Zn+2].[Zn+2]. The van der Waals surface area contributed by atoms with E-state index in [-0.39, 0.29) is 77.0 Å². The Morgan fingerprint density at radius 1 is 0.600 bits per heavy atom. The van der Waals surface area contributed by atoms with Crippen molar-refractivity contribution in [1.29, 1.82) is 0 Å². The van der Waals surface area contributed by atoms with Crippen LogP contribution in [0.2, 0.25) is 0 Å². The Morgan fingerprint density at radius 2 is 0.600 bits per heavy atom. The molecule has 0 radical (unpaired) electrons. The quantitative estimate of drug-likeness (QED) is 0.282. The van der Waals surface area contributed by atoms with Crippen LogP contribution in [0.1, 0.15) is 0 Å². The van der Waals surface area contributed by atoms with Crippen molar-refractivity contribution < 1.29 is 96.9 Å². The van der Waals surface area contributed by atoms with Crippen molar-refractivity contribution in [2.75, 3.05) is 0 Å². The van der Waals surface area contributed by atoms with Gasteiger partial charge in [0.1, 0.15) is 0 Å². The van der Waals surface area contributed by atoms with Gasteiger partial charge in [-0.3, -0.25) is 0 Å². The largest absolute Gasteiger partial charge is 2.00 e. The molecule has 0 aromatic rings. The van der Waals surface area contributed by atoms with E-state index < -0.39 is 15.6 Å². The molecule has 0 fully saturated rings. The monoisotopic (exact) mass is 435 g/mol. The minimum Gasteiger partial charge on any atom is -0.822 e. The van der Waals surface area contributed by atoms with Crippen molar-refractivity contribution in [3.63, 3.8) is 0 Å². The number of rotatable bonds is 0. The fourth-order valence-corrected chi connectivity index (χ4v) is 0. The molecule has 0 heterocycles. The normalized spacial score (nSPS) is 7.87. The van der Waals surface area contributed by atoms with E-state index in [0.29, 0.717) is 0 Å².